The van der Waals surface area contributed by atoms with Gasteiger partial charge in [0.2, 0.25) is 0 Å². The minimum Gasteiger partial charge on any atom is -0.548 e. The molecule has 0 radical (unpaired) electrons. The molecule has 0 bridgehead atoms. The van der Waals surface area contributed by atoms with Crippen molar-refractivity contribution >= 4 is 12.1 Å². The Balaban J connectivity index is 1.98. The topological polar surface area (TPSA) is 69.7 Å². The second-order valence-electron chi connectivity index (χ2n) is 5.12. The fraction of sp³-hybridized carbons (Fsp3) is 0.467. The number of hydrogen-bond donors (Lipinski definition) is 0. The number of nitrogens with zero attached hydrogens (tertiary/aromatic N) is 1. The molecule has 1 aromatic rings. The highest BCUT2D eigenvalue weighted by molar-refractivity contribution is 5.79. The molecule has 5 nitrogen and oxygen atoms in total. The molecule has 2 atom stereocenters. The number of aliphatic carboxylic acids is 1. The van der Waals surface area contributed by atoms with E-state index in [2.05, 4.69) is 0 Å². The number of carboxylic acids is 1. The number of carbonyl (C=O) groups is 2. The Morgan fingerprint density at radius 1 is 1.35 bits per heavy atom. The number of piperidine rings is 1. The quantitative estimate of drug-likeness (QED) is 0.831. The maximum Gasteiger partial charge on any atom is 0.410 e. The standard InChI is InChI=1S/C15H19NO4/c1-11-6-5-9-16(13(11)14(17)18)15(19)20-10-12-7-3-2-4-8-12/h2-4,7-8,11,13H,5-6,9-10H2,1H3,(H,17,18)/p-1/t11-,13+/m1/s1. The third-order valence-corrected chi connectivity index (χ3v) is 3.61. The van der Waals surface area contributed by atoms with Crippen LogP contribution >= 0.6 is 0 Å². The van der Waals surface area contributed by atoms with Crippen LogP contribution in [-0.2, 0) is 16.1 Å². The summed E-state index contributed by atoms with van der Waals surface area (Å²) in [5, 5.41) is 11.2. The van der Waals surface area contributed by atoms with Gasteiger partial charge < -0.3 is 14.6 Å². The Bertz CT molecular complexity index is 474. The van der Waals surface area contributed by atoms with Crippen LogP contribution in [0.4, 0.5) is 4.79 Å². The van der Waals surface area contributed by atoms with Gasteiger partial charge in [0, 0.05) is 6.54 Å². The van der Waals surface area contributed by atoms with E-state index in [1.165, 1.54) is 4.90 Å². The molecule has 1 fully saturated rings. The Hall–Kier alpha value is -2.04. The van der Waals surface area contributed by atoms with Crippen molar-refractivity contribution in [2.24, 2.45) is 5.92 Å². The first-order valence-corrected chi connectivity index (χ1v) is 6.78. The third kappa shape index (κ3) is 3.29. The van der Waals surface area contributed by atoms with E-state index in [0.29, 0.717) is 6.54 Å². The average Bonchev–Trinajstić information content (AvgIpc) is 2.45. The van der Waals surface area contributed by atoms with Crippen LogP contribution in [0.15, 0.2) is 30.3 Å². The van der Waals surface area contributed by atoms with Gasteiger partial charge >= 0.3 is 6.09 Å². The molecule has 108 valence electrons. The summed E-state index contributed by atoms with van der Waals surface area (Å²) >= 11 is 0. The van der Waals surface area contributed by atoms with Crippen LogP contribution in [0.1, 0.15) is 25.3 Å². The highest BCUT2D eigenvalue weighted by atomic mass is 16.6. The van der Waals surface area contributed by atoms with E-state index < -0.39 is 18.1 Å². The van der Waals surface area contributed by atoms with Crippen LogP contribution in [0.5, 0.6) is 0 Å². The van der Waals surface area contributed by atoms with Crippen molar-refractivity contribution in [1.29, 1.82) is 0 Å². The molecule has 0 unspecified atom stereocenters. The highest BCUT2D eigenvalue weighted by Crippen LogP contribution is 2.23. The smallest absolute Gasteiger partial charge is 0.410 e. The Morgan fingerprint density at radius 2 is 2.05 bits per heavy atom. The molecule has 1 saturated heterocycles. The first-order valence-electron chi connectivity index (χ1n) is 6.78. The Kier molecular flexibility index (Phi) is 4.61. The van der Waals surface area contributed by atoms with Gasteiger partial charge in [-0.05, 0) is 24.3 Å². The van der Waals surface area contributed by atoms with E-state index in [-0.39, 0.29) is 12.5 Å². The summed E-state index contributed by atoms with van der Waals surface area (Å²) in [6.45, 7) is 2.36. The summed E-state index contributed by atoms with van der Waals surface area (Å²) in [6, 6.07) is 8.40. The Labute approximate surface area is 118 Å². The van der Waals surface area contributed by atoms with E-state index in [0.717, 1.165) is 18.4 Å². The first-order chi connectivity index (χ1) is 9.59. The van der Waals surface area contributed by atoms with Crippen LogP contribution in [0.25, 0.3) is 0 Å². The summed E-state index contributed by atoms with van der Waals surface area (Å²) in [5.41, 5.74) is 0.871. The van der Waals surface area contributed by atoms with Crippen molar-refractivity contribution in [3.05, 3.63) is 35.9 Å². The molecule has 0 aliphatic carbocycles. The van der Waals surface area contributed by atoms with Gasteiger partial charge in [0.15, 0.2) is 0 Å². The van der Waals surface area contributed by atoms with Gasteiger partial charge in [-0.2, -0.15) is 0 Å². The molecular formula is C15H18NO4-. The maximum atomic E-state index is 12.0. The number of benzene rings is 1. The molecule has 0 aromatic heterocycles. The predicted molar refractivity (Wildman–Crippen MR) is 70.5 cm³/mol. The van der Waals surface area contributed by atoms with Gasteiger partial charge in [0.1, 0.15) is 6.61 Å². The lowest BCUT2D eigenvalue weighted by molar-refractivity contribution is -0.313. The van der Waals surface area contributed by atoms with Gasteiger partial charge in [0.25, 0.3) is 0 Å². The summed E-state index contributed by atoms with van der Waals surface area (Å²) < 4.78 is 5.19. The molecule has 0 N–H and O–H groups in total. The van der Waals surface area contributed by atoms with Gasteiger partial charge in [-0.3, -0.25) is 4.90 Å². The maximum absolute atomic E-state index is 12.0. The number of likely N-dealkylation sites (tertiary alicyclic amines) is 1. The lowest BCUT2D eigenvalue weighted by Gasteiger charge is -2.39. The molecule has 0 spiro atoms. The van der Waals surface area contributed by atoms with E-state index >= 15 is 0 Å². The van der Waals surface area contributed by atoms with Crippen LogP contribution in [0, 0.1) is 5.92 Å². The van der Waals surface area contributed by atoms with Crippen molar-refractivity contribution in [1.82, 2.24) is 4.90 Å². The summed E-state index contributed by atoms with van der Waals surface area (Å²) in [6.07, 6.45) is 0.974. The number of carbonyl (C=O) groups excluding carboxylic acids is 2. The minimum absolute atomic E-state index is 0.113. The predicted octanol–water partition coefficient (Wildman–Crippen LogP) is 1.17. The average molecular weight is 276 g/mol. The normalized spacial score (nSPS) is 22.4. The summed E-state index contributed by atoms with van der Waals surface area (Å²) in [7, 11) is 0. The molecule has 2 rings (SSSR count). The summed E-state index contributed by atoms with van der Waals surface area (Å²) in [4.78, 5) is 24.5. The molecular weight excluding hydrogens is 258 g/mol. The zero-order chi connectivity index (χ0) is 14.5. The van der Waals surface area contributed by atoms with Gasteiger partial charge in [-0.15, -0.1) is 0 Å². The fourth-order valence-electron chi connectivity index (χ4n) is 2.55. The molecule has 5 heteroatoms. The lowest BCUT2D eigenvalue weighted by Crippen LogP contribution is -2.56. The van der Waals surface area contributed by atoms with E-state index in [4.69, 9.17) is 4.74 Å². The van der Waals surface area contributed by atoms with E-state index in [1.54, 1.807) is 0 Å². The van der Waals surface area contributed by atoms with Gasteiger partial charge in [-0.25, -0.2) is 4.79 Å². The molecule has 1 aliphatic rings. The van der Waals surface area contributed by atoms with Gasteiger partial charge in [0.05, 0.1) is 12.0 Å². The second kappa shape index (κ2) is 6.41. The first kappa shape index (κ1) is 14.4. The molecule has 1 aromatic carbocycles. The van der Waals surface area contributed by atoms with Crippen molar-refractivity contribution in [2.45, 2.75) is 32.4 Å². The Morgan fingerprint density at radius 3 is 2.70 bits per heavy atom. The molecule has 1 heterocycles. The van der Waals surface area contributed by atoms with Crippen LogP contribution in [0.3, 0.4) is 0 Å². The van der Waals surface area contributed by atoms with Crippen LogP contribution < -0.4 is 5.11 Å². The SMILES string of the molecule is C[C@@H]1CCCN(C(=O)OCc2ccccc2)[C@@H]1C(=O)[O-]. The van der Waals surface area contributed by atoms with E-state index in [1.807, 2.05) is 37.3 Å². The number of rotatable bonds is 3. The highest BCUT2D eigenvalue weighted by Gasteiger charge is 2.33. The van der Waals surface area contributed by atoms with Crippen molar-refractivity contribution in [3.63, 3.8) is 0 Å². The van der Waals surface area contributed by atoms with Crippen molar-refractivity contribution in [2.75, 3.05) is 6.54 Å². The van der Waals surface area contributed by atoms with Crippen molar-refractivity contribution < 1.29 is 19.4 Å². The second-order valence-corrected chi connectivity index (χ2v) is 5.12. The largest absolute Gasteiger partial charge is 0.548 e. The van der Waals surface area contributed by atoms with Gasteiger partial charge in [-0.1, -0.05) is 37.3 Å². The van der Waals surface area contributed by atoms with E-state index in [9.17, 15) is 14.7 Å². The molecule has 1 aliphatic heterocycles. The molecule has 1 amide bonds. The monoisotopic (exact) mass is 276 g/mol. The van der Waals surface area contributed by atoms with Crippen LogP contribution in [0.2, 0.25) is 0 Å². The lowest BCUT2D eigenvalue weighted by atomic mass is 9.91. The zero-order valence-corrected chi connectivity index (χ0v) is 11.5. The molecule has 0 saturated carbocycles. The number of carboxylic acid groups (broad SMARTS) is 1. The number of ether oxygens (including phenoxy) is 1. The van der Waals surface area contributed by atoms with Crippen molar-refractivity contribution in [3.8, 4) is 0 Å². The number of hydrogen-bond acceptors (Lipinski definition) is 4. The number of amides is 1. The fourth-order valence-corrected chi connectivity index (χ4v) is 2.55. The molecule has 20 heavy (non-hydrogen) atoms. The zero-order valence-electron chi connectivity index (χ0n) is 11.5. The summed E-state index contributed by atoms with van der Waals surface area (Å²) in [5.74, 6) is -1.33. The third-order valence-electron chi connectivity index (χ3n) is 3.61. The van der Waals surface area contributed by atoms with Crippen LogP contribution in [-0.4, -0.2) is 29.5 Å². The minimum atomic E-state index is -1.21.